The zero-order chi connectivity index (χ0) is 23.8. The second-order valence-corrected chi connectivity index (χ2v) is 10.6. The van der Waals surface area contributed by atoms with Crippen LogP contribution in [0, 0.1) is 0 Å². The van der Waals surface area contributed by atoms with Crippen LogP contribution < -0.4 is 14.4 Å². The highest BCUT2D eigenvalue weighted by Crippen LogP contribution is 2.24. The van der Waals surface area contributed by atoms with Gasteiger partial charge in [-0.3, -0.25) is 9.10 Å². The summed E-state index contributed by atoms with van der Waals surface area (Å²) >= 11 is 1.76. The fraction of sp³-hybridized carbons (Fsp3) is 0.240. The molecule has 33 heavy (non-hydrogen) atoms. The van der Waals surface area contributed by atoms with Crippen molar-refractivity contribution in [3.8, 4) is 5.75 Å². The van der Waals surface area contributed by atoms with Crippen LogP contribution >= 0.6 is 11.8 Å². The van der Waals surface area contributed by atoms with Gasteiger partial charge in [-0.1, -0.05) is 37.3 Å². The molecular formula is C25H28N2O4S2. The Morgan fingerprint density at radius 2 is 1.64 bits per heavy atom. The molecular weight excluding hydrogens is 456 g/mol. The Bertz CT molecular complexity index is 1150. The van der Waals surface area contributed by atoms with Gasteiger partial charge in [0.2, 0.25) is 10.0 Å². The summed E-state index contributed by atoms with van der Waals surface area (Å²) in [7, 11) is -1.85. The van der Waals surface area contributed by atoms with E-state index in [1.165, 1.54) is 21.8 Å². The SMILES string of the molecule is CCC(Oc1ccc(N(C)S(C)(=O)=O)cc1)C(=O)Nc1ccc(CSc2ccccc2)cc1. The van der Waals surface area contributed by atoms with E-state index in [-0.39, 0.29) is 5.91 Å². The van der Waals surface area contributed by atoms with Gasteiger partial charge >= 0.3 is 0 Å². The van der Waals surface area contributed by atoms with Crippen molar-refractivity contribution in [1.29, 1.82) is 0 Å². The molecule has 1 atom stereocenters. The Hall–Kier alpha value is -2.97. The molecule has 0 aliphatic heterocycles. The standard InChI is InChI=1S/C25H28N2O4S2/c1-4-24(31-22-16-14-21(15-17-22)27(2)33(3,29)30)25(28)26-20-12-10-19(11-13-20)18-32-23-8-6-5-7-9-23/h5-17,24H,4,18H2,1-3H3,(H,26,28). The summed E-state index contributed by atoms with van der Waals surface area (Å²) in [5, 5.41) is 2.91. The molecule has 8 heteroatoms. The lowest BCUT2D eigenvalue weighted by Gasteiger charge is -2.19. The molecule has 3 rings (SSSR count). The Balaban J connectivity index is 1.56. The number of amides is 1. The molecule has 3 aromatic rings. The van der Waals surface area contributed by atoms with Crippen LogP contribution in [-0.4, -0.2) is 33.7 Å². The molecule has 6 nitrogen and oxygen atoms in total. The maximum Gasteiger partial charge on any atom is 0.265 e. The summed E-state index contributed by atoms with van der Waals surface area (Å²) in [6.07, 6.45) is 0.961. The van der Waals surface area contributed by atoms with Crippen LogP contribution in [-0.2, 0) is 20.6 Å². The second-order valence-electron chi connectivity index (χ2n) is 7.53. The number of hydrogen-bond acceptors (Lipinski definition) is 5. The third-order valence-corrected chi connectivity index (χ3v) is 7.30. The van der Waals surface area contributed by atoms with E-state index >= 15 is 0 Å². The zero-order valence-corrected chi connectivity index (χ0v) is 20.5. The number of nitrogens with one attached hydrogen (secondary N) is 1. The van der Waals surface area contributed by atoms with Gasteiger partial charge in [-0.2, -0.15) is 0 Å². The van der Waals surface area contributed by atoms with Gasteiger partial charge in [0, 0.05) is 23.4 Å². The molecule has 3 aromatic carbocycles. The summed E-state index contributed by atoms with van der Waals surface area (Å²) < 4.78 is 30.4. The molecule has 0 spiro atoms. The lowest BCUT2D eigenvalue weighted by molar-refractivity contribution is -0.122. The van der Waals surface area contributed by atoms with Crippen molar-refractivity contribution in [1.82, 2.24) is 0 Å². The summed E-state index contributed by atoms with van der Waals surface area (Å²) in [6, 6.07) is 24.6. The van der Waals surface area contributed by atoms with Gasteiger partial charge in [0.1, 0.15) is 5.75 Å². The summed E-state index contributed by atoms with van der Waals surface area (Å²) in [5.74, 6) is 1.11. The van der Waals surface area contributed by atoms with Gasteiger partial charge < -0.3 is 10.1 Å². The highest BCUT2D eigenvalue weighted by molar-refractivity contribution is 7.98. The zero-order valence-electron chi connectivity index (χ0n) is 18.9. The van der Waals surface area contributed by atoms with Gasteiger partial charge in [0.15, 0.2) is 6.10 Å². The molecule has 0 bridgehead atoms. The van der Waals surface area contributed by atoms with Gasteiger partial charge in [-0.05, 0) is 60.5 Å². The number of carbonyl (C=O) groups excluding carboxylic acids is 1. The molecule has 0 saturated heterocycles. The van der Waals surface area contributed by atoms with E-state index in [0.29, 0.717) is 23.5 Å². The number of thioether (sulfide) groups is 1. The Labute approximate surface area is 200 Å². The Morgan fingerprint density at radius 1 is 1.00 bits per heavy atom. The number of anilines is 2. The number of hydrogen-bond donors (Lipinski definition) is 1. The number of benzene rings is 3. The van der Waals surface area contributed by atoms with Crippen molar-refractivity contribution in [2.45, 2.75) is 30.1 Å². The van der Waals surface area contributed by atoms with E-state index < -0.39 is 16.1 Å². The fourth-order valence-electron chi connectivity index (χ4n) is 3.00. The molecule has 0 aliphatic carbocycles. The minimum atomic E-state index is -3.34. The summed E-state index contributed by atoms with van der Waals surface area (Å²) in [4.78, 5) is 13.9. The number of rotatable bonds is 10. The van der Waals surface area contributed by atoms with Gasteiger partial charge in [0.25, 0.3) is 5.91 Å². The average molecular weight is 485 g/mol. The van der Waals surface area contributed by atoms with Crippen LogP contribution in [0.2, 0.25) is 0 Å². The molecule has 0 aliphatic rings. The van der Waals surface area contributed by atoms with E-state index in [2.05, 4.69) is 17.4 Å². The molecule has 0 aromatic heterocycles. The van der Waals surface area contributed by atoms with Crippen molar-refractivity contribution in [2.75, 3.05) is 22.9 Å². The number of nitrogens with zero attached hydrogens (tertiary/aromatic N) is 1. The maximum atomic E-state index is 12.7. The topological polar surface area (TPSA) is 75.7 Å². The van der Waals surface area contributed by atoms with E-state index in [4.69, 9.17) is 4.74 Å². The number of carbonyl (C=O) groups is 1. The van der Waals surface area contributed by atoms with E-state index in [1.807, 2.05) is 49.4 Å². The molecule has 0 heterocycles. The van der Waals surface area contributed by atoms with Crippen molar-refractivity contribution < 1.29 is 17.9 Å². The van der Waals surface area contributed by atoms with Crippen LogP contribution in [0.4, 0.5) is 11.4 Å². The minimum absolute atomic E-state index is 0.235. The quantitative estimate of drug-likeness (QED) is 0.402. The van der Waals surface area contributed by atoms with Gasteiger partial charge in [0.05, 0.1) is 11.9 Å². The minimum Gasteiger partial charge on any atom is -0.481 e. The highest BCUT2D eigenvalue weighted by atomic mass is 32.2. The van der Waals surface area contributed by atoms with Crippen molar-refractivity contribution in [3.05, 3.63) is 84.4 Å². The Kier molecular flexibility index (Phi) is 8.41. The highest BCUT2D eigenvalue weighted by Gasteiger charge is 2.19. The molecule has 174 valence electrons. The number of ether oxygens (including phenoxy) is 1. The summed E-state index contributed by atoms with van der Waals surface area (Å²) in [6.45, 7) is 1.87. The first-order valence-corrected chi connectivity index (χ1v) is 13.4. The lowest BCUT2D eigenvalue weighted by atomic mass is 10.2. The third-order valence-electron chi connectivity index (χ3n) is 5.01. The normalized spacial score (nSPS) is 12.1. The largest absolute Gasteiger partial charge is 0.481 e. The molecule has 0 radical (unpaired) electrons. The predicted octanol–water partition coefficient (Wildman–Crippen LogP) is 5.17. The second kappa shape index (κ2) is 11.2. The smallest absolute Gasteiger partial charge is 0.265 e. The Morgan fingerprint density at radius 3 is 2.21 bits per heavy atom. The summed E-state index contributed by atoms with van der Waals surface area (Å²) in [5.41, 5.74) is 2.40. The first-order chi connectivity index (χ1) is 15.8. The average Bonchev–Trinajstić information content (AvgIpc) is 2.82. The van der Waals surface area contributed by atoms with Crippen LogP contribution in [0.1, 0.15) is 18.9 Å². The van der Waals surface area contributed by atoms with E-state index in [0.717, 1.165) is 12.0 Å². The van der Waals surface area contributed by atoms with Gasteiger partial charge in [-0.15, -0.1) is 11.8 Å². The lowest BCUT2D eigenvalue weighted by Crippen LogP contribution is -2.32. The molecule has 0 fully saturated rings. The third kappa shape index (κ3) is 7.27. The van der Waals surface area contributed by atoms with Crippen LogP contribution in [0.25, 0.3) is 0 Å². The van der Waals surface area contributed by atoms with Crippen LogP contribution in [0.5, 0.6) is 5.75 Å². The van der Waals surface area contributed by atoms with Crippen molar-refractivity contribution >= 4 is 39.1 Å². The molecule has 1 N–H and O–H groups in total. The fourth-order valence-corrected chi connectivity index (χ4v) is 4.38. The molecule has 0 saturated carbocycles. The molecule has 1 amide bonds. The molecule has 1 unspecified atom stereocenters. The van der Waals surface area contributed by atoms with Crippen molar-refractivity contribution in [2.24, 2.45) is 0 Å². The van der Waals surface area contributed by atoms with Crippen LogP contribution in [0.15, 0.2) is 83.8 Å². The predicted molar refractivity (Wildman–Crippen MR) is 135 cm³/mol. The van der Waals surface area contributed by atoms with E-state index in [1.54, 1.807) is 36.0 Å². The first kappa shape index (κ1) is 24.7. The van der Waals surface area contributed by atoms with Crippen molar-refractivity contribution in [3.63, 3.8) is 0 Å². The van der Waals surface area contributed by atoms with Gasteiger partial charge in [-0.25, -0.2) is 8.42 Å². The number of sulfonamides is 1. The maximum absolute atomic E-state index is 12.7. The first-order valence-electron chi connectivity index (χ1n) is 10.5. The van der Waals surface area contributed by atoms with Crippen LogP contribution in [0.3, 0.4) is 0 Å². The van der Waals surface area contributed by atoms with E-state index in [9.17, 15) is 13.2 Å². The monoisotopic (exact) mass is 484 g/mol.